The summed E-state index contributed by atoms with van der Waals surface area (Å²) < 4.78 is 11.8. The lowest BCUT2D eigenvalue weighted by Crippen LogP contribution is -2.12. The summed E-state index contributed by atoms with van der Waals surface area (Å²) in [5, 5.41) is 20.7. The van der Waals surface area contributed by atoms with Crippen LogP contribution < -0.4 is 20.5 Å². The number of ether oxygens (including phenoxy) is 2. The number of nitrogens with two attached hydrogens (primary N) is 1. The first kappa shape index (κ1) is 22.3. The third-order valence-corrected chi connectivity index (χ3v) is 5.08. The zero-order chi connectivity index (χ0) is 23.9. The molecule has 0 atom stereocenters. The molecular weight excluding hydrogens is 428 g/mol. The third-order valence-electron chi connectivity index (χ3n) is 5.08. The Morgan fingerprint density at radius 1 is 1.00 bits per heavy atom. The van der Waals surface area contributed by atoms with Crippen LogP contribution in [-0.4, -0.2) is 22.7 Å². The molecule has 8 nitrogen and oxygen atoms in total. The molecule has 0 radical (unpaired) electrons. The Balaban J connectivity index is 1.45. The second kappa shape index (κ2) is 10.1. The van der Waals surface area contributed by atoms with Gasteiger partial charge in [-0.1, -0.05) is 24.3 Å². The van der Waals surface area contributed by atoms with Gasteiger partial charge in [0.05, 0.1) is 22.9 Å². The summed E-state index contributed by atoms with van der Waals surface area (Å²) in [6.45, 7) is 0.283. The van der Waals surface area contributed by atoms with E-state index >= 15 is 0 Å². The molecule has 0 aliphatic rings. The van der Waals surface area contributed by atoms with Gasteiger partial charge in [0.25, 0.3) is 0 Å². The Labute approximate surface area is 197 Å². The number of rotatable bonds is 8. The number of nitrogens with zero attached hydrogens (tertiary/aromatic N) is 3. The van der Waals surface area contributed by atoms with E-state index in [2.05, 4.69) is 21.4 Å². The van der Waals surface area contributed by atoms with Crippen LogP contribution in [0.25, 0.3) is 0 Å². The molecule has 0 saturated heterocycles. The number of nitrogens with one attached hydrogen (secondary N) is 2. The SMILES string of the molecule is CNc1ncnc(N)c1C(=N)c1ccc(Oc2cccc(OCc3ccccc3C#N)c2)cc1. The van der Waals surface area contributed by atoms with Crippen LogP contribution in [0.15, 0.2) is 79.1 Å². The monoisotopic (exact) mass is 450 g/mol. The second-order valence-electron chi connectivity index (χ2n) is 7.27. The molecule has 0 bridgehead atoms. The van der Waals surface area contributed by atoms with Crippen LogP contribution in [0, 0.1) is 16.7 Å². The maximum Gasteiger partial charge on any atom is 0.140 e. The van der Waals surface area contributed by atoms with Crippen molar-refractivity contribution in [3.05, 3.63) is 101 Å². The van der Waals surface area contributed by atoms with Gasteiger partial charge in [0.1, 0.15) is 41.8 Å². The molecule has 168 valence electrons. The second-order valence-corrected chi connectivity index (χ2v) is 7.27. The molecule has 0 aliphatic carbocycles. The third kappa shape index (κ3) is 4.95. The van der Waals surface area contributed by atoms with Crippen LogP contribution in [-0.2, 0) is 6.61 Å². The highest BCUT2D eigenvalue weighted by atomic mass is 16.5. The number of benzene rings is 3. The number of aromatic nitrogens is 2. The minimum absolute atomic E-state index is 0.210. The van der Waals surface area contributed by atoms with Crippen molar-refractivity contribution in [3.63, 3.8) is 0 Å². The van der Waals surface area contributed by atoms with Crippen molar-refractivity contribution in [2.45, 2.75) is 6.61 Å². The molecule has 8 heteroatoms. The molecule has 0 unspecified atom stereocenters. The Kier molecular flexibility index (Phi) is 6.65. The van der Waals surface area contributed by atoms with Crippen molar-refractivity contribution in [1.29, 1.82) is 10.7 Å². The lowest BCUT2D eigenvalue weighted by Gasteiger charge is -2.12. The summed E-state index contributed by atoms with van der Waals surface area (Å²) in [4.78, 5) is 8.13. The number of nitriles is 1. The molecular formula is C26H22N6O2. The molecule has 0 saturated carbocycles. The minimum atomic E-state index is 0.210. The van der Waals surface area contributed by atoms with E-state index in [0.717, 1.165) is 5.56 Å². The average molecular weight is 451 g/mol. The number of anilines is 2. The van der Waals surface area contributed by atoms with Crippen LogP contribution in [0.1, 0.15) is 22.3 Å². The van der Waals surface area contributed by atoms with Gasteiger partial charge in [-0.2, -0.15) is 5.26 Å². The zero-order valence-corrected chi connectivity index (χ0v) is 18.4. The Morgan fingerprint density at radius 2 is 1.76 bits per heavy atom. The number of nitrogen functional groups attached to an aromatic ring is 1. The van der Waals surface area contributed by atoms with E-state index in [1.165, 1.54) is 6.33 Å². The van der Waals surface area contributed by atoms with Crippen molar-refractivity contribution >= 4 is 17.3 Å². The van der Waals surface area contributed by atoms with E-state index < -0.39 is 0 Å². The zero-order valence-electron chi connectivity index (χ0n) is 18.4. The summed E-state index contributed by atoms with van der Waals surface area (Å²) in [5.41, 5.74) is 8.69. The molecule has 1 heterocycles. The van der Waals surface area contributed by atoms with Gasteiger partial charge in [-0.15, -0.1) is 0 Å². The van der Waals surface area contributed by atoms with Gasteiger partial charge in [0.15, 0.2) is 0 Å². The molecule has 0 aliphatic heterocycles. The van der Waals surface area contributed by atoms with Crippen molar-refractivity contribution < 1.29 is 9.47 Å². The summed E-state index contributed by atoms with van der Waals surface area (Å²) in [7, 11) is 1.72. The highest BCUT2D eigenvalue weighted by molar-refractivity contribution is 6.16. The van der Waals surface area contributed by atoms with Crippen LogP contribution >= 0.6 is 0 Å². The summed E-state index contributed by atoms with van der Waals surface area (Å²) in [6.07, 6.45) is 1.36. The smallest absolute Gasteiger partial charge is 0.140 e. The number of hydrogen-bond donors (Lipinski definition) is 3. The largest absolute Gasteiger partial charge is 0.489 e. The lowest BCUT2D eigenvalue weighted by atomic mass is 10.0. The first-order chi connectivity index (χ1) is 16.6. The van der Waals surface area contributed by atoms with E-state index in [4.69, 9.17) is 20.6 Å². The number of hydrogen-bond acceptors (Lipinski definition) is 8. The van der Waals surface area contributed by atoms with E-state index in [-0.39, 0.29) is 18.1 Å². The predicted octanol–water partition coefficient (Wildman–Crippen LogP) is 4.76. The van der Waals surface area contributed by atoms with Gasteiger partial charge in [-0.25, -0.2) is 9.97 Å². The maximum absolute atomic E-state index is 9.23. The molecule has 4 aromatic rings. The van der Waals surface area contributed by atoms with Gasteiger partial charge in [-0.3, -0.25) is 5.41 Å². The van der Waals surface area contributed by atoms with E-state index in [1.807, 2.05) is 36.4 Å². The fraction of sp³-hybridized carbons (Fsp3) is 0.0769. The molecule has 34 heavy (non-hydrogen) atoms. The first-order valence-electron chi connectivity index (χ1n) is 10.5. The van der Waals surface area contributed by atoms with Crippen molar-refractivity contribution in [2.24, 2.45) is 0 Å². The highest BCUT2D eigenvalue weighted by Crippen LogP contribution is 2.27. The van der Waals surface area contributed by atoms with Crippen LogP contribution in [0.5, 0.6) is 17.2 Å². The van der Waals surface area contributed by atoms with Gasteiger partial charge >= 0.3 is 0 Å². The van der Waals surface area contributed by atoms with Gasteiger partial charge < -0.3 is 20.5 Å². The molecule has 3 aromatic carbocycles. The fourth-order valence-corrected chi connectivity index (χ4v) is 3.35. The normalized spacial score (nSPS) is 10.2. The van der Waals surface area contributed by atoms with E-state index in [0.29, 0.717) is 39.8 Å². The predicted molar refractivity (Wildman–Crippen MR) is 130 cm³/mol. The Morgan fingerprint density at radius 3 is 2.53 bits per heavy atom. The van der Waals surface area contributed by atoms with Crippen LogP contribution in [0.4, 0.5) is 11.6 Å². The first-order valence-corrected chi connectivity index (χ1v) is 10.5. The van der Waals surface area contributed by atoms with Gasteiger partial charge in [0.2, 0.25) is 0 Å². The Hall–Kier alpha value is -4.90. The highest BCUT2D eigenvalue weighted by Gasteiger charge is 2.15. The van der Waals surface area contributed by atoms with Gasteiger partial charge in [-0.05, 0) is 42.5 Å². The van der Waals surface area contributed by atoms with E-state index in [1.54, 1.807) is 43.4 Å². The lowest BCUT2D eigenvalue weighted by molar-refractivity contribution is 0.304. The molecule has 4 N–H and O–H groups in total. The van der Waals surface area contributed by atoms with Crippen molar-refractivity contribution in [2.75, 3.05) is 18.1 Å². The summed E-state index contributed by atoms with van der Waals surface area (Å²) >= 11 is 0. The molecule has 1 aromatic heterocycles. The average Bonchev–Trinajstić information content (AvgIpc) is 2.87. The van der Waals surface area contributed by atoms with Gasteiger partial charge in [0, 0.05) is 24.2 Å². The van der Waals surface area contributed by atoms with Crippen LogP contribution in [0.2, 0.25) is 0 Å². The molecule has 0 fully saturated rings. The fourth-order valence-electron chi connectivity index (χ4n) is 3.35. The standard InChI is InChI=1S/C26H22N6O2/c1-30-26-23(25(29)31-16-32-26)24(28)17-9-11-20(12-10-17)34-22-8-4-7-21(13-22)33-15-19-6-3-2-5-18(19)14-27/h2-13,16,28H,15H2,1H3,(H3,29,30,31,32). The molecule has 0 amide bonds. The van der Waals surface area contributed by atoms with Crippen molar-refractivity contribution in [1.82, 2.24) is 9.97 Å². The quantitative estimate of drug-likeness (QED) is 0.330. The topological polar surface area (TPSA) is 130 Å². The summed E-state index contributed by atoms with van der Waals surface area (Å²) in [5.74, 6) is 2.57. The molecule has 0 spiro atoms. The minimum Gasteiger partial charge on any atom is -0.489 e. The van der Waals surface area contributed by atoms with E-state index in [9.17, 15) is 5.26 Å². The van der Waals surface area contributed by atoms with Crippen LogP contribution in [0.3, 0.4) is 0 Å². The summed E-state index contributed by atoms with van der Waals surface area (Å²) in [6, 6.07) is 23.9. The Bertz CT molecular complexity index is 1360. The maximum atomic E-state index is 9.23. The molecule has 4 rings (SSSR count). The van der Waals surface area contributed by atoms with Crippen molar-refractivity contribution in [3.8, 4) is 23.3 Å².